The van der Waals surface area contributed by atoms with Crippen LogP contribution in [0.25, 0.3) is 0 Å². The minimum Gasteiger partial charge on any atom is -0.262 e. The number of nitrogens with zero attached hydrogens (tertiary/aromatic N) is 4. The Hall–Kier alpha value is -1.22. The first kappa shape index (κ1) is 14.2. The van der Waals surface area contributed by atoms with Gasteiger partial charge >= 0.3 is 0 Å². The number of halogens is 3. The van der Waals surface area contributed by atoms with E-state index in [9.17, 15) is 8.42 Å². The van der Waals surface area contributed by atoms with Crippen LogP contribution < -0.4 is 4.72 Å². The standard InChI is InChI=1S/C8H4Cl3N5O2S/c9-5-6(10)14-3-15-7(5)16-19(17,18)4-1-12-8(11)13-2-4/h1-3H,(H,14,15,16). The zero-order valence-corrected chi connectivity index (χ0v) is 12.0. The summed E-state index contributed by atoms with van der Waals surface area (Å²) in [5.74, 6) is -0.142. The van der Waals surface area contributed by atoms with Crippen LogP contribution in [0.2, 0.25) is 15.5 Å². The van der Waals surface area contributed by atoms with Crippen molar-refractivity contribution in [3.8, 4) is 0 Å². The zero-order chi connectivity index (χ0) is 14.0. The van der Waals surface area contributed by atoms with Gasteiger partial charge in [0.25, 0.3) is 10.0 Å². The van der Waals surface area contributed by atoms with Crippen molar-refractivity contribution < 1.29 is 8.42 Å². The maximum absolute atomic E-state index is 12.0. The highest BCUT2D eigenvalue weighted by Gasteiger charge is 2.19. The predicted molar refractivity (Wildman–Crippen MR) is 69.9 cm³/mol. The molecule has 7 nitrogen and oxygen atoms in total. The Morgan fingerprint density at radius 2 is 1.63 bits per heavy atom. The first-order valence-electron chi connectivity index (χ1n) is 4.56. The van der Waals surface area contributed by atoms with Gasteiger partial charge in [-0.25, -0.2) is 28.4 Å². The molecule has 19 heavy (non-hydrogen) atoms. The van der Waals surface area contributed by atoms with Crippen molar-refractivity contribution in [1.29, 1.82) is 0 Å². The van der Waals surface area contributed by atoms with Gasteiger partial charge in [0.15, 0.2) is 11.0 Å². The van der Waals surface area contributed by atoms with Crippen molar-refractivity contribution >= 4 is 50.6 Å². The third-order valence-corrected chi connectivity index (χ3v) is 4.11. The quantitative estimate of drug-likeness (QED) is 0.678. The van der Waals surface area contributed by atoms with E-state index in [4.69, 9.17) is 34.8 Å². The van der Waals surface area contributed by atoms with Crippen LogP contribution in [0, 0.1) is 0 Å². The largest absolute Gasteiger partial charge is 0.266 e. The molecule has 0 radical (unpaired) electrons. The summed E-state index contributed by atoms with van der Waals surface area (Å²) in [7, 11) is -3.94. The maximum atomic E-state index is 12.0. The molecule has 1 N–H and O–H groups in total. The van der Waals surface area contributed by atoms with Crippen LogP contribution in [0.1, 0.15) is 0 Å². The lowest BCUT2D eigenvalue weighted by Gasteiger charge is -2.08. The van der Waals surface area contributed by atoms with E-state index < -0.39 is 10.0 Å². The average Bonchev–Trinajstić information content (AvgIpc) is 2.35. The number of hydrogen-bond donors (Lipinski definition) is 1. The highest BCUT2D eigenvalue weighted by Crippen LogP contribution is 2.27. The Labute approximate surface area is 123 Å². The summed E-state index contributed by atoms with van der Waals surface area (Å²) in [5.41, 5.74) is 0. The second-order valence-corrected chi connectivity index (χ2v) is 5.88. The molecule has 2 aromatic heterocycles. The van der Waals surface area contributed by atoms with Crippen molar-refractivity contribution in [2.45, 2.75) is 4.90 Å². The number of rotatable bonds is 3. The highest BCUT2D eigenvalue weighted by molar-refractivity contribution is 7.92. The van der Waals surface area contributed by atoms with Gasteiger partial charge < -0.3 is 0 Å². The fourth-order valence-corrected chi connectivity index (χ4v) is 2.39. The van der Waals surface area contributed by atoms with Gasteiger partial charge in [-0.2, -0.15) is 0 Å². The van der Waals surface area contributed by atoms with Crippen LogP contribution in [0.4, 0.5) is 5.82 Å². The van der Waals surface area contributed by atoms with E-state index in [2.05, 4.69) is 24.7 Å². The Morgan fingerprint density at radius 1 is 1.00 bits per heavy atom. The lowest BCUT2D eigenvalue weighted by atomic mass is 10.6. The molecule has 0 amide bonds. The summed E-state index contributed by atoms with van der Waals surface area (Å²) in [6.07, 6.45) is 3.17. The summed E-state index contributed by atoms with van der Waals surface area (Å²) in [5, 5.41) is -0.244. The molecular formula is C8H4Cl3N5O2S. The molecule has 0 saturated carbocycles. The lowest BCUT2D eigenvalue weighted by Crippen LogP contribution is -2.15. The van der Waals surface area contributed by atoms with E-state index in [1.807, 2.05) is 0 Å². The van der Waals surface area contributed by atoms with Crippen LogP contribution in [-0.4, -0.2) is 28.4 Å². The fraction of sp³-hybridized carbons (Fsp3) is 0. The second-order valence-electron chi connectivity index (χ2n) is 3.12. The van der Waals surface area contributed by atoms with Crippen LogP contribution >= 0.6 is 34.8 Å². The van der Waals surface area contributed by atoms with Gasteiger partial charge in [0.2, 0.25) is 5.28 Å². The van der Waals surface area contributed by atoms with Gasteiger partial charge in [-0.05, 0) is 11.6 Å². The Kier molecular flexibility index (Phi) is 4.04. The summed E-state index contributed by atoms with van der Waals surface area (Å²) in [6, 6.07) is 0. The lowest BCUT2D eigenvalue weighted by molar-refractivity contribution is 0.600. The maximum Gasteiger partial charge on any atom is 0.266 e. The topological polar surface area (TPSA) is 97.7 Å². The summed E-state index contributed by atoms with van der Waals surface area (Å²) >= 11 is 16.9. The van der Waals surface area contributed by atoms with Crippen molar-refractivity contribution in [3.05, 3.63) is 34.2 Å². The zero-order valence-electron chi connectivity index (χ0n) is 8.88. The van der Waals surface area contributed by atoms with Gasteiger partial charge in [-0.1, -0.05) is 23.2 Å². The molecule has 0 aliphatic rings. The van der Waals surface area contributed by atoms with E-state index >= 15 is 0 Å². The molecule has 0 saturated heterocycles. The molecule has 0 unspecified atom stereocenters. The molecule has 0 bridgehead atoms. The molecule has 0 spiro atoms. The average molecular weight is 341 g/mol. The minimum atomic E-state index is -3.94. The third kappa shape index (κ3) is 3.21. The molecule has 2 heterocycles. The van der Waals surface area contributed by atoms with Gasteiger partial charge in [0.05, 0.1) is 12.4 Å². The molecule has 2 aromatic rings. The molecule has 2 rings (SSSR count). The van der Waals surface area contributed by atoms with Crippen LogP contribution in [0.15, 0.2) is 23.6 Å². The molecule has 0 fully saturated rings. The van der Waals surface area contributed by atoms with E-state index in [0.717, 1.165) is 18.7 Å². The Bertz CT molecular complexity index is 707. The van der Waals surface area contributed by atoms with E-state index in [1.165, 1.54) is 0 Å². The molecule has 0 aliphatic carbocycles. The van der Waals surface area contributed by atoms with Crippen LogP contribution in [0.3, 0.4) is 0 Å². The second kappa shape index (κ2) is 5.41. The first-order valence-corrected chi connectivity index (χ1v) is 7.18. The Morgan fingerprint density at radius 3 is 2.26 bits per heavy atom. The minimum absolute atomic E-state index is 0.0675. The van der Waals surface area contributed by atoms with Crippen molar-refractivity contribution in [3.63, 3.8) is 0 Å². The van der Waals surface area contributed by atoms with E-state index in [1.54, 1.807) is 0 Å². The van der Waals surface area contributed by atoms with Crippen molar-refractivity contribution in [2.24, 2.45) is 0 Å². The fourth-order valence-electron chi connectivity index (χ4n) is 1.04. The number of sulfonamides is 1. The van der Waals surface area contributed by atoms with Crippen molar-refractivity contribution in [1.82, 2.24) is 19.9 Å². The van der Waals surface area contributed by atoms with E-state index in [0.29, 0.717) is 0 Å². The first-order chi connectivity index (χ1) is 8.90. The van der Waals surface area contributed by atoms with E-state index in [-0.39, 0.29) is 26.2 Å². The number of anilines is 1. The molecule has 0 atom stereocenters. The summed E-state index contributed by atoms with van der Waals surface area (Å²) in [4.78, 5) is 14.2. The highest BCUT2D eigenvalue weighted by atomic mass is 35.5. The number of aromatic nitrogens is 4. The van der Waals surface area contributed by atoms with Gasteiger partial charge in [0, 0.05) is 0 Å². The molecular weight excluding hydrogens is 337 g/mol. The number of nitrogens with one attached hydrogen (secondary N) is 1. The van der Waals surface area contributed by atoms with Gasteiger partial charge in [-0.15, -0.1) is 0 Å². The smallest absolute Gasteiger partial charge is 0.262 e. The summed E-state index contributed by atoms with van der Waals surface area (Å²) in [6.45, 7) is 0. The SMILES string of the molecule is O=S(=O)(Nc1ncnc(Cl)c1Cl)c1cnc(Cl)nc1. The van der Waals surface area contributed by atoms with Crippen LogP contribution in [0.5, 0.6) is 0 Å². The molecule has 100 valence electrons. The third-order valence-electron chi connectivity index (χ3n) is 1.88. The molecule has 0 aliphatic heterocycles. The monoisotopic (exact) mass is 339 g/mol. The molecule has 11 heteroatoms. The molecule has 0 aromatic carbocycles. The Balaban J connectivity index is 2.36. The van der Waals surface area contributed by atoms with Crippen LogP contribution in [-0.2, 0) is 10.0 Å². The van der Waals surface area contributed by atoms with Gasteiger partial charge in [0.1, 0.15) is 16.2 Å². The summed E-state index contributed by atoms with van der Waals surface area (Å²) < 4.78 is 26.1. The van der Waals surface area contributed by atoms with Gasteiger partial charge in [-0.3, -0.25) is 4.72 Å². The van der Waals surface area contributed by atoms with Crippen molar-refractivity contribution in [2.75, 3.05) is 4.72 Å². The predicted octanol–water partition coefficient (Wildman–Crippen LogP) is 2.03. The number of hydrogen-bond acceptors (Lipinski definition) is 6. The normalized spacial score (nSPS) is 11.3.